The topological polar surface area (TPSA) is 197 Å². The highest BCUT2D eigenvalue weighted by atomic mass is 16.5. The molecule has 4 amide bonds. The molecule has 60 heavy (non-hydrogen) atoms. The summed E-state index contributed by atoms with van der Waals surface area (Å²) in [6, 6.07) is 10.9. The largest absolute Gasteiger partial charge is 0.453 e. The minimum atomic E-state index is -0.707. The Hall–Kier alpha value is -6.38. The van der Waals surface area contributed by atoms with Gasteiger partial charge in [0.15, 0.2) is 0 Å². The molecule has 15 heteroatoms. The summed E-state index contributed by atoms with van der Waals surface area (Å²) in [7, 11) is 1.29. The van der Waals surface area contributed by atoms with Gasteiger partial charge in [0.05, 0.1) is 54.0 Å². The number of rotatable bonds is 12. The Balaban J connectivity index is 1.05. The summed E-state index contributed by atoms with van der Waals surface area (Å²) >= 11 is 0. The molecule has 8 rings (SSSR count). The molecule has 0 aliphatic carbocycles. The van der Waals surface area contributed by atoms with Crippen molar-refractivity contribution < 1.29 is 23.9 Å². The first-order valence-electron chi connectivity index (χ1n) is 21.0. The lowest BCUT2D eigenvalue weighted by atomic mass is 9.94. The summed E-state index contributed by atoms with van der Waals surface area (Å²) in [5.41, 5.74) is 7.68. The molecule has 6 N–H and O–H groups in total. The molecule has 2 saturated heterocycles. The lowest BCUT2D eigenvalue weighted by molar-refractivity contribution is -0.138. The highest BCUT2D eigenvalue weighted by molar-refractivity contribution is 6.10. The lowest BCUT2D eigenvalue weighted by Gasteiger charge is -2.30. The average molecular weight is 815 g/mol. The molecule has 0 radical (unpaired) electrons. The number of ether oxygens (including phenoxy) is 1. The number of fused-ring (bicyclic) bond motifs is 2. The van der Waals surface area contributed by atoms with Crippen molar-refractivity contribution in [3.63, 3.8) is 0 Å². The van der Waals surface area contributed by atoms with Gasteiger partial charge in [0, 0.05) is 59.4 Å². The molecule has 4 aromatic heterocycles. The zero-order chi connectivity index (χ0) is 42.2. The number of methoxy groups -OCH3 is 1. The van der Waals surface area contributed by atoms with E-state index < -0.39 is 18.2 Å². The van der Waals surface area contributed by atoms with Gasteiger partial charge < -0.3 is 45.1 Å². The van der Waals surface area contributed by atoms with Gasteiger partial charge in [-0.25, -0.2) is 14.8 Å². The van der Waals surface area contributed by atoms with Crippen LogP contribution in [0.25, 0.3) is 55.4 Å². The molecule has 6 heterocycles. The van der Waals surface area contributed by atoms with Gasteiger partial charge in [-0.05, 0) is 55.2 Å². The first-order chi connectivity index (χ1) is 29.0. The van der Waals surface area contributed by atoms with Gasteiger partial charge in [0.25, 0.3) is 0 Å². The van der Waals surface area contributed by atoms with Gasteiger partial charge in [0.2, 0.25) is 17.7 Å². The fourth-order valence-electron chi connectivity index (χ4n) is 8.99. The van der Waals surface area contributed by atoms with E-state index in [1.165, 1.54) is 7.11 Å². The number of nitrogens with one attached hydrogen (secondary N) is 6. The first-order valence-corrected chi connectivity index (χ1v) is 21.0. The minimum Gasteiger partial charge on any atom is -0.453 e. The summed E-state index contributed by atoms with van der Waals surface area (Å²) in [6.45, 7) is 10.7. The van der Waals surface area contributed by atoms with Crippen LogP contribution < -0.4 is 10.6 Å². The van der Waals surface area contributed by atoms with Crippen LogP contribution in [-0.4, -0.2) is 95.8 Å². The average Bonchev–Trinajstić information content (AvgIpc) is 4.10. The van der Waals surface area contributed by atoms with Crippen LogP contribution in [0.15, 0.2) is 61.2 Å². The van der Waals surface area contributed by atoms with Crippen LogP contribution in [0.1, 0.15) is 90.5 Å². The molecule has 4 atom stereocenters. The molecule has 0 spiro atoms. The number of alkyl carbamates (subject to hydrolysis) is 1. The highest BCUT2D eigenvalue weighted by Gasteiger charge is 2.39. The number of imidazole rings is 2. The Kier molecular flexibility index (Phi) is 11.2. The number of amides is 4. The van der Waals surface area contributed by atoms with E-state index in [-0.39, 0.29) is 41.6 Å². The number of hydrogen-bond acceptors (Lipinski definition) is 7. The standard InChI is InChI=1S/C45H54N10O5/c1-7-36(56)52-37(24(2)3)43(57)54-20-8-10-34(54)41-48-22-32(50-41)27-13-14-28(39-30(27)17-19-46-39)26-12-15-31(40-29(26)16-18-47-40)33-23-49-42(51-33)35-11-9-21-55(35)44(58)38(25(4)5)53-45(59)60-6/h12-19,22-25,34-35,37-38,46-47H,7-11,20-21H2,1-6H3,(H,48,50)(H,49,51)(H,52,56)(H,53,59)/t34-,35-,37-,38-/m0/s1. The lowest BCUT2D eigenvalue weighted by Crippen LogP contribution is -2.51. The molecule has 2 aliphatic heterocycles. The van der Waals surface area contributed by atoms with E-state index in [2.05, 4.69) is 67.0 Å². The van der Waals surface area contributed by atoms with E-state index in [4.69, 9.17) is 14.7 Å². The normalized spacial score (nSPS) is 17.9. The van der Waals surface area contributed by atoms with Crippen LogP contribution in [0.4, 0.5) is 4.79 Å². The van der Waals surface area contributed by atoms with E-state index >= 15 is 0 Å². The van der Waals surface area contributed by atoms with Crippen molar-refractivity contribution in [3.8, 4) is 33.6 Å². The molecule has 314 valence electrons. The summed E-state index contributed by atoms with van der Waals surface area (Å²) < 4.78 is 4.79. The number of hydrogen-bond donors (Lipinski definition) is 6. The molecule has 6 aromatic rings. The van der Waals surface area contributed by atoms with E-state index in [0.29, 0.717) is 25.3 Å². The Bertz CT molecular complexity index is 2370. The van der Waals surface area contributed by atoms with Gasteiger partial charge in [-0.15, -0.1) is 0 Å². The number of nitrogens with zero attached hydrogens (tertiary/aromatic N) is 4. The second-order valence-electron chi connectivity index (χ2n) is 16.6. The van der Waals surface area contributed by atoms with Crippen molar-refractivity contribution in [2.45, 2.75) is 90.9 Å². The van der Waals surface area contributed by atoms with Crippen molar-refractivity contribution in [2.24, 2.45) is 11.8 Å². The summed E-state index contributed by atoms with van der Waals surface area (Å²) in [5, 5.41) is 7.73. The van der Waals surface area contributed by atoms with Gasteiger partial charge >= 0.3 is 6.09 Å². The Morgan fingerprint density at radius 3 is 1.73 bits per heavy atom. The predicted octanol–water partition coefficient (Wildman–Crippen LogP) is 7.35. The molecule has 2 aliphatic rings. The van der Waals surface area contributed by atoms with Crippen molar-refractivity contribution in [1.29, 1.82) is 0 Å². The van der Waals surface area contributed by atoms with E-state index in [1.54, 1.807) is 6.92 Å². The summed E-state index contributed by atoms with van der Waals surface area (Å²) in [6.07, 6.45) is 10.5. The number of likely N-dealkylation sites (tertiary alicyclic amines) is 2. The van der Waals surface area contributed by atoms with Gasteiger partial charge in [-0.1, -0.05) is 58.9 Å². The van der Waals surface area contributed by atoms with Crippen LogP contribution in [0.3, 0.4) is 0 Å². The van der Waals surface area contributed by atoms with Crippen LogP contribution >= 0.6 is 0 Å². The molecule has 2 aromatic carbocycles. The van der Waals surface area contributed by atoms with E-state index in [9.17, 15) is 19.2 Å². The van der Waals surface area contributed by atoms with Crippen LogP contribution in [-0.2, 0) is 19.1 Å². The zero-order valence-electron chi connectivity index (χ0n) is 35.0. The number of aromatic nitrogens is 6. The predicted molar refractivity (Wildman–Crippen MR) is 229 cm³/mol. The zero-order valence-corrected chi connectivity index (χ0v) is 35.0. The Labute approximate surface area is 348 Å². The number of H-pyrrole nitrogens is 4. The van der Waals surface area contributed by atoms with Gasteiger partial charge in [0.1, 0.15) is 23.7 Å². The monoisotopic (exact) mass is 814 g/mol. The Morgan fingerprint density at radius 2 is 1.18 bits per heavy atom. The molecule has 0 saturated carbocycles. The van der Waals surface area contributed by atoms with Crippen molar-refractivity contribution >= 4 is 45.6 Å². The van der Waals surface area contributed by atoms with Crippen LogP contribution in [0, 0.1) is 11.8 Å². The molecule has 0 bridgehead atoms. The number of aromatic amines is 4. The van der Waals surface area contributed by atoms with Crippen molar-refractivity contribution in [1.82, 2.24) is 50.3 Å². The molecule has 15 nitrogen and oxygen atoms in total. The second-order valence-corrected chi connectivity index (χ2v) is 16.6. The van der Waals surface area contributed by atoms with Gasteiger partial charge in [-0.2, -0.15) is 0 Å². The maximum atomic E-state index is 13.8. The molecular formula is C45H54N10O5. The maximum Gasteiger partial charge on any atom is 0.407 e. The third-order valence-corrected chi connectivity index (χ3v) is 12.2. The van der Waals surface area contributed by atoms with Gasteiger partial charge in [-0.3, -0.25) is 14.4 Å². The minimum absolute atomic E-state index is 0.0432. The van der Waals surface area contributed by atoms with Crippen LogP contribution in [0.2, 0.25) is 0 Å². The molecule has 2 fully saturated rings. The number of carbonyl (C=O) groups is 4. The fourth-order valence-corrected chi connectivity index (χ4v) is 8.99. The summed E-state index contributed by atoms with van der Waals surface area (Å²) in [4.78, 5) is 79.2. The van der Waals surface area contributed by atoms with E-state index in [0.717, 1.165) is 87.0 Å². The second kappa shape index (κ2) is 16.7. The smallest absolute Gasteiger partial charge is 0.407 e. The summed E-state index contributed by atoms with van der Waals surface area (Å²) in [5.74, 6) is 0.928. The van der Waals surface area contributed by atoms with E-state index in [1.807, 2.05) is 62.3 Å². The SMILES string of the molecule is CCC(=O)N[C@H](C(=O)N1CCC[C@H]1c1ncc(-c2ccc(-c3ccc(-c4cnc([C@@H]5CCCN5C(=O)[C@@H](NC(=O)OC)C(C)C)[nH]4)c4[nH]ccc34)c3[nH]ccc23)[nH]1)C(C)C. The highest BCUT2D eigenvalue weighted by Crippen LogP contribution is 2.41. The quantitative estimate of drug-likeness (QED) is 0.0742. The number of carbonyl (C=O) groups excluding carboxylic acids is 4. The molecule has 0 unspecified atom stereocenters. The Morgan fingerprint density at radius 1 is 0.700 bits per heavy atom. The van der Waals surface area contributed by atoms with Crippen molar-refractivity contribution in [2.75, 3.05) is 20.2 Å². The third-order valence-electron chi connectivity index (χ3n) is 12.2. The third kappa shape index (κ3) is 7.41. The van der Waals surface area contributed by atoms with Crippen LogP contribution in [0.5, 0.6) is 0 Å². The maximum absolute atomic E-state index is 13.8. The molecular weight excluding hydrogens is 761 g/mol. The fraction of sp³-hybridized carbons (Fsp3) is 0.422. The number of benzene rings is 2. The first kappa shape index (κ1) is 40.4. The van der Waals surface area contributed by atoms with Crippen molar-refractivity contribution in [3.05, 3.63) is 72.8 Å².